The van der Waals surface area contributed by atoms with Crippen LogP contribution in [0.1, 0.15) is 77.3 Å². The Hall–Kier alpha value is -5.27. The second-order valence-electron chi connectivity index (χ2n) is 17.3. The summed E-state index contributed by atoms with van der Waals surface area (Å²) >= 11 is -2.03. The van der Waals surface area contributed by atoms with Gasteiger partial charge in [0.2, 0.25) is 0 Å². The van der Waals surface area contributed by atoms with E-state index in [1.807, 2.05) is 86.8 Å². The average molecular weight is 1040 g/mol. The number of nitrogens with zero attached hydrogens (tertiary/aromatic N) is 3. The quantitative estimate of drug-likeness (QED) is 0.112. The summed E-state index contributed by atoms with van der Waals surface area (Å²) in [5.41, 5.74) is 11.9. The maximum absolute atomic E-state index is 8.44. The van der Waals surface area contributed by atoms with Gasteiger partial charge in [-0.05, 0) is 70.5 Å². The van der Waals surface area contributed by atoms with Gasteiger partial charge < -0.3 is 14.0 Å². The van der Waals surface area contributed by atoms with Crippen molar-refractivity contribution in [2.24, 2.45) is 0 Å². The van der Waals surface area contributed by atoms with E-state index in [-0.39, 0.29) is 31.9 Å². The maximum atomic E-state index is 8.44. The minimum absolute atomic E-state index is 0. The van der Waals surface area contributed by atoms with Gasteiger partial charge in [-0.25, -0.2) is 0 Å². The molecule has 0 bridgehead atoms. The summed E-state index contributed by atoms with van der Waals surface area (Å²) in [5.74, 6) is 10.4. The van der Waals surface area contributed by atoms with E-state index in [1.165, 1.54) is 32.3 Å². The standard InChI is InChI=1S/C37H31N2O2.C17H22GeN.Ir/c1-23(2)28-21-26(25-13-6-5-7-14-25)22-29(24(3)4)35(28)39-31-17-9-8-16-30(31)38-37(39)27-15-12-20-34-36(27)41-33-19-11-10-18-32(33)40-34;1-13(2)15-11-17(14-9-7-6-8-10-14)19-12-16(15)18(3,4)5;/h5-14,16-24H,1-4H3;6-9,11-13H,1-5H3;/q2*-1;/i;13D;. The molecule has 6 aromatic carbocycles. The predicted molar refractivity (Wildman–Crippen MR) is 251 cm³/mol. The van der Waals surface area contributed by atoms with Crippen LogP contribution in [0.5, 0.6) is 23.0 Å². The van der Waals surface area contributed by atoms with Crippen molar-refractivity contribution in [3.8, 4) is 62.5 Å². The Labute approximate surface area is 379 Å². The zero-order valence-electron chi connectivity index (χ0n) is 37.4. The Bertz CT molecular complexity index is 2810. The first-order valence-electron chi connectivity index (χ1n) is 21.4. The molecule has 0 N–H and O–H groups in total. The minimum Gasteiger partial charge on any atom is 0 e. The normalized spacial score (nSPS) is 12.3. The summed E-state index contributed by atoms with van der Waals surface area (Å²) in [6, 6.07) is 51.8. The van der Waals surface area contributed by atoms with Crippen LogP contribution >= 0.6 is 0 Å². The number of hydrogen-bond acceptors (Lipinski definition) is 4. The second kappa shape index (κ2) is 18.4. The Balaban J connectivity index is 0.000000233. The molecule has 0 fully saturated rings. The van der Waals surface area contributed by atoms with Crippen LogP contribution in [-0.2, 0) is 20.1 Å². The number of fused-ring (bicyclic) bond motifs is 3. The molecule has 0 aliphatic carbocycles. The fraction of sp³-hybridized carbons (Fsp3) is 0.222. The van der Waals surface area contributed by atoms with Gasteiger partial charge in [0.15, 0.2) is 11.5 Å². The van der Waals surface area contributed by atoms with E-state index in [4.69, 9.17) is 15.8 Å². The molecule has 5 nitrogen and oxygen atoms in total. The molecular formula is C54H53GeIrN3O2-2. The van der Waals surface area contributed by atoms with Crippen LogP contribution in [0.3, 0.4) is 0 Å². The molecule has 1 aliphatic rings. The fourth-order valence-electron chi connectivity index (χ4n) is 7.86. The third-order valence-electron chi connectivity index (χ3n) is 11.0. The van der Waals surface area contributed by atoms with Crippen LogP contribution in [0.2, 0.25) is 17.3 Å². The number of ether oxygens (including phenoxy) is 2. The van der Waals surface area contributed by atoms with Gasteiger partial charge >= 0.3 is 120 Å². The molecule has 8 aromatic rings. The number of rotatable bonds is 8. The van der Waals surface area contributed by atoms with E-state index in [1.54, 1.807) is 0 Å². The van der Waals surface area contributed by atoms with Crippen LogP contribution in [0.25, 0.3) is 50.5 Å². The summed E-state index contributed by atoms with van der Waals surface area (Å²) < 4.78 is 24.8. The molecule has 1 aliphatic heterocycles. The molecule has 0 amide bonds. The second-order valence-corrected chi connectivity index (χ2v) is 27.8. The first-order chi connectivity index (χ1) is 29.2. The van der Waals surface area contributed by atoms with Gasteiger partial charge in [0.25, 0.3) is 0 Å². The van der Waals surface area contributed by atoms with Gasteiger partial charge in [-0.3, -0.25) is 4.98 Å². The van der Waals surface area contributed by atoms with Crippen molar-refractivity contribution in [2.75, 3.05) is 0 Å². The minimum atomic E-state index is -2.03. The Morgan fingerprint density at radius 3 is 1.92 bits per heavy atom. The van der Waals surface area contributed by atoms with E-state index >= 15 is 0 Å². The first kappa shape index (κ1) is 42.4. The molecule has 311 valence electrons. The number of imidazole rings is 1. The van der Waals surface area contributed by atoms with E-state index in [2.05, 4.69) is 133 Å². The zero-order chi connectivity index (χ0) is 43.1. The predicted octanol–water partition coefficient (Wildman–Crippen LogP) is 14.5. The fourth-order valence-corrected chi connectivity index (χ4v) is 11.2. The third kappa shape index (κ3) is 9.04. The Morgan fingerprint density at radius 2 is 1.28 bits per heavy atom. The van der Waals surface area contributed by atoms with Gasteiger partial charge in [0.05, 0.1) is 28.4 Å². The number of aromatic nitrogens is 3. The van der Waals surface area contributed by atoms with Crippen LogP contribution in [-0.4, -0.2) is 27.8 Å². The van der Waals surface area contributed by atoms with Gasteiger partial charge in [-0.2, -0.15) is 0 Å². The van der Waals surface area contributed by atoms with Gasteiger partial charge in [0.1, 0.15) is 0 Å². The van der Waals surface area contributed by atoms with Crippen molar-refractivity contribution >= 4 is 28.7 Å². The Kier molecular flexibility index (Phi) is 12.8. The Morgan fingerprint density at radius 1 is 0.639 bits per heavy atom. The number of benzene rings is 6. The molecule has 2 aromatic heterocycles. The first-order valence-corrected chi connectivity index (χ1v) is 28.2. The topological polar surface area (TPSA) is 49.2 Å². The SMILES string of the molecule is CC(C)c1cc(-c2ccccc2)cc(C(C)C)c1-n1c(-c2[c-]ccc3c2Oc2ccccc2O3)nc2ccccc21.[2H]C(C)(C)c1cc(-c2[c-]cccc2)nc[c]1[Ge]([CH3])([CH3])[CH3].[Ir]. The molecule has 0 saturated carbocycles. The largest absolute Gasteiger partial charge is 0 e. The van der Waals surface area contributed by atoms with Crippen molar-refractivity contribution in [1.82, 2.24) is 14.5 Å². The van der Waals surface area contributed by atoms with Crippen molar-refractivity contribution in [1.29, 1.82) is 0 Å². The van der Waals surface area contributed by atoms with Crippen molar-refractivity contribution in [2.45, 2.75) is 76.5 Å². The summed E-state index contributed by atoms with van der Waals surface area (Å²) in [6.07, 6.45) is 2.00. The molecule has 0 atom stereocenters. The molecule has 1 radical (unpaired) electrons. The van der Waals surface area contributed by atoms with Gasteiger partial charge in [0, 0.05) is 25.8 Å². The summed E-state index contributed by atoms with van der Waals surface area (Å²) in [4.78, 5) is 9.82. The smallest absolute Gasteiger partial charge is 0 e. The molecule has 0 unspecified atom stereocenters. The van der Waals surface area contributed by atoms with Crippen LogP contribution in [0, 0.1) is 12.1 Å². The molecule has 0 spiro atoms. The molecular weight excluding hydrogens is 987 g/mol. The van der Waals surface area contributed by atoms with E-state index in [0.717, 1.165) is 39.2 Å². The maximum Gasteiger partial charge on any atom is 0 e. The molecule has 0 saturated heterocycles. The average Bonchev–Trinajstić information content (AvgIpc) is 3.64. The summed E-state index contributed by atoms with van der Waals surface area (Å²) in [6.45, 7) is 13.0. The van der Waals surface area contributed by atoms with Crippen molar-refractivity contribution in [3.63, 3.8) is 0 Å². The summed E-state index contributed by atoms with van der Waals surface area (Å²) in [5, 5.41) is 0. The van der Waals surface area contributed by atoms with E-state index in [0.29, 0.717) is 23.0 Å². The molecule has 7 heteroatoms. The van der Waals surface area contributed by atoms with Crippen LogP contribution in [0.4, 0.5) is 0 Å². The zero-order valence-corrected chi connectivity index (χ0v) is 40.9. The number of para-hydroxylation sites is 4. The van der Waals surface area contributed by atoms with Gasteiger partial charge in [-0.1, -0.05) is 93.9 Å². The van der Waals surface area contributed by atoms with Crippen LogP contribution in [0.15, 0.2) is 140 Å². The van der Waals surface area contributed by atoms with Gasteiger partial charge in [-0.15, -0.1) is 12.1 Å². The summed E-state index contributed by atoms with van der Waals surface area (Å²) in [7, 11) is 0. The molecule has 3 heterocycles. The van der Waals surface area contributed by atoms with E-state index in [9.17, 15) is 0 Å². The van der Waals surface area contributed by atoms with Crippen molar-refractivity contribution < 1.29 is 30.9 Å². The van der Waals surface area contributed by atoms with Crippen molar-refractivity contribution in [3.05, 3.63) is 168 Å². The van der Waals surface area contributed by atoms with Crippen LogP contribution < -0.4 is 13.9 Å². The van der Waals surface area contributed by atoms with E-state index < -0.39 is 19.2 Å². The number of pyridine rings is 1. The number of hydrogen-bond donors (Lipinski definition) is 0. The molecule has 61 heavy (non-hydrogen) atoms. The monoisotopic (exact) mass is 1040 g/mol. The third-order valence-corrected chi connectivity index (χ3v) is 15.2. The molecule has 9 rings (SSSR count).